The van der Waals surface area contributed by atoms with E-state index in [4.69, 9.17) is 15.7 Å². The summed E-state index contributed by atoms with van der Waals surface area (Å²) in [5, 5.41) is 8.85. The minimum absolute atomic E-state index is 0.176. The highest BCUT2D eigenvalue weighted by Crippen LogP contribution is 2.20. The lowest BCUT2D eigenvalue weighted by Gasteiger charge is -2.26. The molecule has 0 aliphatic rings. The molecule has 0 saturated heterocycles. The van der Waals surface area contributed by atoms with E-state index in [0.29, 0.717) is 13.2 Å². The van der Waals surface area contributed by atoms with Crippen LogP contribution in [0.4, 0.5) is 0 Å². The number of hydrogen-bond acceptors (Lipinski definition) is 3. The maximum absolute atomic E-state index is 8.85. The van der Waals surface area contributed by atoms with Crippen molar-refractivity contribution in [1.82, 2.24) is 0 Å². The van der Waals surface area contributed by atoms with Gasteiger partial charge < -0.3 is 10.5 Å². The largest absolute Gasteiger partial charge is 0.380 e. The van der Waals surface area contributed by atoms with E-state index in [1.807, 2.05) is 13.8 Å². The van der Waals surface area contributed by atoms with Crippen LogP contribution < -0.4 is 5.73 Å². The van der Waals surface area contributed by atoms with Crippen molar-refractivity contribution in [3.8, 4) is 6.07 Å². The number of hydrogen-bond donors (Lipinski definition) is 1. The molecule has 0 aromatic rings. The van der Waals surface area contributed by atoms with E-state index < -0.39 is 0 Å². The van der Waals surface area contributed by atoms with Crippen molar-refractivity contribution in [2.75, 3.05) is 13.2 Å². The van der Waals surface area contributed by atoms with Crippen LogP contribution in [0.1, 0.15) is 53.4 Å². The Kier molecular flexibility index (Phi) is 6.62. The van der Waals surface area contributed by atoms with Crippen molar-refractivity contribution in [2.45, 2.75) is 58.9 Å². The van der Waals surface area contributed by atoms with E-state index in [1.54, 1.807) is 0 Å². The Labute approximate surface area is 100.0 Å². The van der Waals surface area contributed by atoms with Crippen LogP contribution in [0.15, 0.2) is 0 Å². The van der Waals surface area contributed by atoms with Crippen LogP contribution in [0, 0.1) is 16.7 Å². The minimum Gasteiger partial charge on any atom is -0.380 e. The normalized spacial score (nSPS) is 12.5. The predicted molar refractivity (Wildman–Crippen MR) is 66.9 cm³/mol. The zero-order chi connectivity index (χ0) is 12.7. The van der Waals surface area contributed by atoms with E-state index in [2.05, 4.69) is 19.9 Å². The SMILES string of the molecule is CCC(N)(CC)COCCCC(C)(C)C#N. The lowest BCUT2D eigenvalue weighted by atomic mass is 9.90. The summed E-state index contributed by atoms with van der Waals surface area (Å²) in [7, 11) is 0. The highest BCUT2D eigenvalue weighted by molar-refractivity contribution is 4.91. The summed E-state index contributed by atoms with van der Waals surface area (Å²) in [4.78, 5) is 0. The predicted octanol–water partition coefficient (Wildman–Crippen LogP) is 2.85. The molecule has 0 unspecified atom stereocenters. The fraction of sp³-hybridized carbons (Fsp3) is 0.923. The first-order valence-corrected chi connectivity index (χ1v) is 6.17. The van der Waals surface area contributed by atoms with Crippen LogP contribution in [-0.2, 0) is 4.74 Å². The van der Waals surface area contributed by atoms with Crippen molar-refractivity contribution in [1.29, 1.82) is 5.26 Å². The molecule has 0 fully saturated rings. The number of nitrogens with zero attached hydrogens (tertiary/aromatic N) is 1. The molecule has 3 heteroatoms. The van der Waals surface area contributed by atoms with Crippen molar-refractivity contribution in [3.05, 3.63) is 0 Å². The Morgan fingerprint density at radius 3 is 2.25 bits per heavy atom. The summed E-state index contributed by atoms with van der Waals surface area (Å²) in [5.41, 5.74) is 5.70. The molecule has 0 heterocycles. The number of nitrogens with two attached hydrogens (primary N) is 1. The second-order valence-electron chi connectivity index (χ2n) is 5.22. The zero-order valence-corrected chi connectivity index (χ0v) is 11.2. The van der Waals surface area contributed by atoms with Gasteiger partial charge in [0.1, 0.15) is 0 Å². The van der Waals surface area contributed by atoms with Gasteiger partial charge in [0.15, 0.2) is 0 Å². The first-order valence-electron chi connectivity index (χ1n) is 6.17. The molecule has 0 amide bonds. The first-order chi connectivity index (χ1) is 7.39. The van der Waals surface area contributed by atoms with Crippen molar-refractivity contribution < 1.29 is 4.74 Å². The third kappa shape index (κ3) is 6.09. The first kappa shape index (κ1) is 15.4. The molecule has 3 nitrogen and oxygen atoms in total. The standard InChI is InChI=1S/C13H26N2O/c1-5-13(15,6-2)11-16-9-7-8-12(3,4)10-14/h5-9,11,15H2,1-4H3. The minimum atomic E-state index is -0.237. The fourth-order valence-corrected chi connectivity index (χ4v) is 1.40. The summed E-state index contributed by atoms with van der Waals surface area (Å²) in [6.07, 6.45) is 3.67. The van der Waals surface area contributed by atoms with Crippen molar-refractivity contribution in [2.24, 2.45) is 11.1 Å². The second-order valence-corrected chi connectivity index (χ2v) is 5.22. The highest BCUT2D eigenvalue weighted by atomic mass is 16.5. The maximum Gasteiger partial charge on any atom is 0.0683 e. The van der Waals surface area contributed by atoms with E-state index >= 15 is 0 Å². The van der Waals surface area contributed by atoms with Crippen molar-refractivity contribution in [3.63, 3.8) is 0 Å². The number of rotatable bonds is 8. The second kappa shape index (κ2) is 6.88. The highest BCUT2D eigenvalue weighted by Gasteiger charge is 2.20. The van der Waals surface area contributed by atoms with Gasteiger partial charge in [-0.15, -0.1) is 0 Å². The zero-order valence-electron chi connectivity index (χ0n) is 11.2. The Balaban J connectivity index is 3.66. The van der Waals surface area contributed by atoms with E-state index in [1.165, 1.54) is 0 Å². The number of nitriles is 1. The van der Waals surface area contributed by atoms with Gasteiger partial charge in [0, 0.05) is 12.1 Å². The monoisotopic (exact) mass is 226 g/mol. The summed E-state index contributed by atoms with van der Waals surface area (Å²) >= 11 is 0. The van der Waals surface area contributed by atoms with Crippen LogP contribution >= 0.6 is 0 Å². The average molecular weight is 226 g/mol. The third-order valence-corrected chi connectivity index (χ3v) is 3.19. The van der Waals surface area contributed by atoms with Gasteiger partial charge in [0.05, 0.1) is 18.1 Å². The summed E-state index contributed by atoms with van der Waals surface area (Å²) < 4.78 is 5.59. The van der Waals surface area contributed by atoms with E-state index in [0.717, 1.165) is 25.7 Å². The molecule has 0 aromatic carbocycles. The van der Waals surface area contributed by atoms with Gasteiger partial charge in [-0.3, -0.25) is 0 Å². The van der Waals surface area contributed by atoms with Gasteiger partial charge in [0.2, 0.25) is 0 Å². The van der Waals surface area contributed by atoms with Gasteiger partial charge in [0.25, 0.3) is 0 Å². The molecule has 0 rings (SSSR count). The lowest BCUT2D eigenvalue weighted by Crippen LogP contribution is -2.43. The average Bonchev–Trinajstić information content (AvgIpc) is 2.28. The Bertz CT molecular complexity index is 227. The molecule has 2 N–H and O–H groups in total. The smallest absolute Gasteiger partial charge is 0.0683 e. The lowest BCUT2D eigenvalue weighted by molar-refractivity contribution is 0.0754. The molecule has 0 radical (unpaired) electrons. The quantitative estimate of drug-likeness (QED) is 0.647. The summed E-state index contributed by atoms with van der Waals surface area (Å²) in [6.45, 7) is 9.41. The van der Waals surface area contributed by atoms with Gasteiger partial charge in [-0.25, -0.2) is 0 Å². The van der Waals surface area contributed by atoms with Crippen LogP contribution in [0.3, 0.4) is 0 Å². The van der Waals surface area contributed by atoms with Crippen LogP contribution in [0.2, 0.25) is 0 Å². The Morgan fingerprint density at radius 1 is 1.25 bits per heavy atom. The molecule has 0 saturated carbocycles. The van der Waals surface area contributed by atoms with Gasteiger partial charge in [-0.1, -0.05) is 13.8 Å². The van der Waals surface area contributed by atoms with E-state index in [-0.39, 0.29) is 11.0 Å². The van der Waals surface area contributed by atoms with Gasteiger partial charge >= 0.3 is 0 Å². The Morgan fingerprint density at radius 2 is 1.81 bits per heavy atom. The fourth-order valence-electron chi connectivity index (χ4n) is 1.40. The summed E-state index contributed by atoms with van der Waals surface area (Å²) in [5.74, 6) is 0. The topological polar surface area (TPSA) is 59.0 Å². The molecule has 16 heavy (non-hydrogen) atoms. The molecule has 0 aliphatic carbocycles. The molecule has 94 valence electrons. The van der Waals surface area contributed by atoms with Crippen molar-refractivity contribution >= 4 is 0 Å². The molecule has 0 bridgehead atoms. The van der Waals surface area contributed by atoms with E-state index in [9.17, 15) is 0 Å². The third-order valence-electron chi connectivity index (χ3n) is 3.19. The van der Waals surface area contributed by atoms with Gasteiger partial charge in [-0.2, -0.15) is 5.26 Å². The molecular formula is C13H26N2O. The maximum atomic E-state index is 8.85. The molecule has 0 aromatic heterocycles. The molecule has 0 atom stereocenters. The molecular weight excluding hydrogens is 200 g/mol. The number of ether oxygens (including phenoxy) is 1. The van der Waals surface area contributed by atoms with Gasteiger partial charge in [-0.05, 0) is 39.5 Å². The molecule has 0 spiro atoms. The summed E-state index contributed by atoms with van der Waals surface area (Å²) in [6, 6.07) is 2.29. The van der Waals surface area contributed by atoms with Crippen LogP contribution in [-0.4, -0.2) is 18.8 Å². The van der Waals surface area contributed by atoms with Crippen LogP contribution in [0.5, 0.6) is 0 Å². The van der Waals surface area contributed by atoms with Crippen LogP contribution in [0.25, 0.3) is 0 Å². The molecule has 0 aliphatic heterocycles. The Hall–Kier alpha value is -0.590.